The first kappa shape index (κ1) is 7.84. The van der Waals surface area contributed by atoms with E-state index >= 15 is 0 Å². The number of ether oxygens (including phenoxy) is 1. The molecule has 66 valence electrons. The Bertz CT molecular complexity index is 240. The molecule has 2 rings (SSSR count). The lowest BCUT2D eigenvalue weighted by Crippen LogP contribution is -2.12. The molecule has 0 aromatic heterocycles. The minimum atomic E-state index is 0.230. The van der Waals surface area contributed by atoms with Gasteiger partial charge in [0, 0.05) is 5.92 Å². The molecule has 0 amide bonds. The Labute approximate surface area is 72.6 Å². The van der Waals surface area contributed by atoms with Crippen LogP contribution in [0.2, 0.25) is 0 Å². The van der Waals surface area contributed by atoms with E-state index in [2.05, 4.69) is 6.92 Å². The SMILES string of the molecule is CC[C@H]1CC2=C(OCCC2)C1=O. The van der Waals surface area contributed by atoms with E-state index in [1.54, 1.807) is 0 Å². The highest BCUT2D eigenvalue weighted by Crippen LogP contribution is 2.35. The second kappa shape index (κ2) is 2.92. The summed E-state index contributed by atoms with van der Waals surface area (Å²) >= 11 is 0. The van der Waals surface area contributed by atoms with E-state index in [1.165, 1.54) is 5.57 Å². The van der Waals surface area contributed by atoms with Gasteiger partial charge in [-0.25, -0.2) is 0 Å². The number of rotatable bonds is 1. The summed E-state index contributed by atoms with van der Waals surface area (Å²) < 4.78 is 5.38. The van der Waals surface area contributed by atoms with E-state index in [-0.39, 0.29) is 11.7 Å². The van der Waals surface area contributed by atoms with Gasteiger partial charge in [-0.15, -0.1) is 0 Å². The highest BCUT2D eigenvalue weighted by atomic mass is 16.5. The Kier molecular flexibility index (Phi) is 1.91. The topological polar surface area (TPSA) is 26.3 Å². The van der Waals surface area contributed by atoms with Gasteiger partial charge >= 0.3 is 0 Å². The van der Waals surface area contributed by atoms with E-state index in [4.69, 9.17) is 4.74 Å². The molecule has 0 unspecified atom stereocenters. The predicted molar refractivity (Wildman–Crippen MR) is 45.6 cm³/mol. The first-order valence-corrected chi connectivity index (χ1v) is 4.72. The van der Waals surface area contributed by atoms with Crippen LogP contribution in [-0.4, -0.2) is 12.4 Å². The Morgan fingerprint density at radius 3 is 3.08 bits per heavy atom. The van der Waals surface area contributed by atoms with Gasteiger partial charge in [0.15, 0.2) is 5.76 Å². The zero-order valence-corrected chi connectivity index (χ0v) is 7.43. The summed E-state index contributed by atoms with van der Waals surface area (Å²) in [4.78, 5) is 11.6. The van der Waals surface area contributed by atoms with Crippen molar-refractivity contribution in [1.29, 1.82) is 0 Å². The number of hydrogen-bond donors (Lipinski definition) is 0. The summed E-state index contributed by atoms with van der Waals surface area (Å²) in [5, 5.41) is 0. The molecule has 0 fully saturated rings. The van der Waals surface area contributed by atoms with Gasteiger partial charge in [-0.3, -0.25) is 4.79 Å². The van der Waals surface area contributed by atoms with Crippen molar-refractivity contribution in [2.45, 2.75) is 32.6 Å². The van der Waals surface area contributed by atoms with Crippen LogP contribution in [0.15, 0.2) is 11.3 Å². The molecular formula is C10H14O2. The van der Waals surface area contributed by atoms with Crippen molar-refractivity contribution < 1.29 is 9.53 Å². The van der Waals surface area contributed by atoms with Gasteiger partial charge < -0.3 is 4.74 Å². The number of Topliss-reactive ketones (excluding diaryl/α,β-unsaturated/α-hetero) is 1. The largest absolute Gasteiger partial charge is 0.490 e. The van der Waals surface area contributed by atoms with Gasteiger partial charge in [0.25, 0.3) is 0 Å². The fourth-order valence-electron chi connectivity index (χ4n) is 2.02. The summed E-state index contributed by atoms with van der Waals surface area (Å²) in [6.45, 7) is 2.81. The van der Waals surface area contributed by atoms with Crippen LogP contribution in [0.25, 0.3) is 0 Å². The van der Waals surface area contributed by atoms with Crippen molar-refractivity contribution in [2.75, 3.05) is 6.61 Å². The third-order valence-corrected chi connectivity index (χ3v) is 2.77. The van der Waals surface area contributed by atoms with Gasteiger partial charge in [0.2, 0.25) is 5.78 Å². The van der Waals surface area contributed by atoms with E-state index in [1.807, 2.05) is 0 Å². The second-order valence-electron chi connectivity index (χ2n) is 3.56. The summed E-state index contributed by atoms with van der Waals surface area (Å²) in [6, 6.07) is 0. The minimum Gasteiger partial charge on any atom is -0.490 e. The fourth-order valence-corrected chi connectivity index (χ4v) is 2.02. The molecule has 0 saturated carbocycles. The summed E-state index contributed by atoms with van der Waals surface area (Å²) in [6.07, 6.45) is 4.08. The van der Waals surface area contributed by atoms with Crippen LogP contribution < -0.4 is 0 Å². The van der Waals surface area contributed by atoms with Crippen molar-refractivity contribution in [3.05, 3.63) is 11.3 Å². The van der Waals surface area contributed by atoms with E-state index in [0.717, 1.165) is 32.3 Å². The molecule has 2 nitrogen and oxygen atoms in total. The quantitative estimate of drug-likeness (QED) is 0.596. The summed E-state index contributed by atoms with van der Waals surface area (Å²) in [5.41, 5.74) is 1.28. The van der Waals surface area contributed by atoms with Crippen LogP contribution in [0.3, 0.4) is 0 Å². The molecule has 2 aliphatic rings. The van der Waals surface area contributed by atoms with Crippen molar-refractivity contribution in [3.8, 4) is 0 Å². The van der Waals surface area contributed by atoms with Crippen LogP contribution in [0.1, 0.15) is 32.6 Å². The average molecular weight is 166 g/mol. The number of ketones is 1. The first-order valence-electron chi connectivity index (χ1n) is 4.72. The molecule has 12 heavy (non-hydrogen) atoms. The molecular weight excluding hydrogens is 152 g/mol. The lowest BCUT2D eigenvalue weighted by atomic mass is 10.0. The molecule has 0 spiro atoms. The highest BCUT2D eigenvalue weighted by molar-refractivity contribution is 5.98. The molecule has 1 aliphatic heterocycles. The lowest BCUT2D eigenvalue weighted by molar-refractivity contribution is -0.121. The summed E-state index contributed by atoms with van der Waals surface area (Å²) in [7, 11) is 0. The molecule has 0 saturated heterocycles. The standard InChI is InChI=1S/C10H14O2/c1-2-7-6-8-4-3-5-12-10(8)9(7)11/h7H,2-6H2,1H3/t7-/m0/s1. The van der Waals surface area contributed by atoms with Crippen LogP contribution in [0.5, 0.6) is 0 Å². The maximum absolute atomic E-state index is 11.6. The van der Waals surface area contributed by atoms with E-state index in [9.17, 15) is 4.79 Å². The van der Waals surface area contributed by atoms with Gasteiger partial charge in [-0.05, 0) is 31.3 Å². The monoisotopic (exact) mass is 166 g/mol. The average Bonchev–Trinajstić information content (AvgIpc) is 2.44. The van der Waals surface area contributed by atoms with Crippen LogP contribution >= 0.6 is 0 Å². The Morgan fingerprint density at radius 1 is 1.58 bits per heavy atom. The molecule has 1 aliphatic carbocycles. The van der Waals surface area contributed by atoms with Crippen LogP contribution in [-0.2, 0) is 9.53 Å². The van der Waals surface area contributed by atoms with E-state index in [0.29, 0.717) is 5.76 Å². The van der Waals surface area contributed by atoms with Crippen molar-refractivity contribution in [3.63, 3.8) is 0 Å². The highest BCUT2D eigenvalue weighted by Gasteiger charge is 2.34. The van der Waals surface area contributed by atoms with Crippen molar-refractivity contribution >= 4 is 5.78 Å². The van der Waals surface area contributed by atoms with Gasteiger partial charge in [-0.2, -0.15) is 0 Å². The number of carbonyl (C=O) groups excluding carboxylic acids is 1. The molecule has 2 heteroatoms. The van der Waals surface area contributed by atoms with Crippen LogP contribution in [0.4, 0.5) is 0 Å². The Morgan fingerprint density at radius 2 is 2.42 bits per heavy atom. The van der Waals surface area contributed by atoms with Crippen LogP contribution in [0, 0.1) is 5.92 Å². The third-order valence-electron chi connectivity index (χ3n) is 2.77. The third kappa shape index (κ3) is 1.06. The maximum atomic E-state index is 11.6. The summed E-state index contributed by atoms with van der Waals surface area (Å²) in [5.74, 6) is 1.20. The predicted octanol–water partition coefficient (Wildman–Crippen LogP) is 2.05. The second-order valence-corrected chi connectivity index (χ2v) is 3.56. The lowest BCUT2D eigenvalue weighted by Gasteiger charge is -2.13. The number of hydrogen-bond acceptors (Lipinski definition) is 2. The fraction of sp³-hybridized carbons (Fsp3) is 0.700. The maximum Gasteiger partial charge on any atom is 0.200 e. The zero-order chi connectivity index (χ0) is 8.55. The van der Waals surface area contributed by atoms with Crippen molar-refractivity contribution in [1.82, 2.24) is 0 Å². The molecule has 0 aromatic rings. The molecule has 0 radical (unpaired) electrons. The molecule has 0 N–H and O–H groups in total. The Balaban J connectivity index is 2.20. The Hall–Kier alpha value is -0.790. The molecule has 1 atom stereocenters. The van der Waals surface area contributed by atoms with Gasteiger partial charge in [0.1, 0.15) is 0 Å². The first-order chi connectivity index (χ1) is 5.83. The number of allylic oxidation sites excluding steroid dienone is 2. The van der Waals surface area contributed by atoms with E-state index < -0.39 is 0 Å². The van der Waals surface area contributed by atoms with Crippen molar-refractivity contribution in [2.24, 2.45) is 5.92 Å². The number of carbonyl (C=O) groups is 1. The molecule has 1 heterocycles. The smallest absolute Gasteiger partial charge is 0.200 e. The van der Waals surface area contributed by atoms with Gasteiger partial charge in [-0.1, -0.05) is 6.92 Å². The molecule has 0 aromatic carbocycles. The normalized spacial score (nSPS) is 28.8. The zero-order valence-electron chi connectivity index (χ0n) is 7.43. The van der Waals surface area contributed by atoms with Gasteiger partial charge in [0.05, 0.1) is 6.61 Å². The minimum absolute atomic E-state index is 0.230. The molecule has 0 bridgehead atoms.